The third-order valence-electron chi connectivity index (χ3n) is 15.3. The van der Waals surface area contributed by atoms with Crippen molar-refractivity contribution in [1.29, 1.82) is 0 Å². The van der Waals surface area contributed by atoms with Gasteiger partial charge < -0.3 is 57.3 Å². The maximum Gasteiger partial charge on any atom is 0.270 e. The van der Waals surface area contributed by atoms with Crippen LogP contribution in [0.3, 0.4) is 0 Å². The van der Waals surface area contributed by atoms with E-state index in [1.807, 2.05) is 71.0 Å². The van der Waals surface area contributed by atoms with Gasteiger partial charge in [0.1, 0.15) is 40.3 Å². The topological polar surface area (TPSA) is 278 Å². The van der Waals surface area contributed by atoms with Gasteiger partial charge in [-0.25, -0.2) is 12.4 Å². The smallest absolute Gasteiger partial charge is 0.270 e. The highest BCUT2D eigenvalue weighted by molar-refractivity contribution is 7.90. The summed E-state index contributed by atoms with van der Waals surface area (Å²) in [7, 11) is 0.0982. The number of aromatic nitrogens is 6. The summed E-state index contributed by atoms with van der Waals surface area (Å²) in [5.41, 5.74) is 20.4. The minimum absolute atomic E-state index is 0.00615. The molecule has 4 aromatic heterocycles. The van der Waals surface area contributed by atoms with Gasteiger partial charge in [0.05, 0.1) is 27.8 Å². The van der Waals surface area contributed by atoms with Crippen LogP contribution in [0.1, 0.15) is 80.4 Å². The van der Waals surface area contributed by atoms with E-state index >= 15 is 0 Å². The number of fused-ring (bicyclic) bond motifs is 4. The number of benzene rings is 3. The molecule has 0 unspecified atom stereocenters. The van der Waals surface area contributed by atoms with Crippen molar-refractivity contribution >= 4 is 79.1 Å². The van der Waals surface area contributed by atoms with Crippen molar-refractivity contribution < 1.29 is 18.0 Å². The number of carbonyl (C=O) groups is 2. The molecule has 2 aliphatic heterocycles. The van der Waals surface area contributed by atoms with E-state index in [1.54, 1.807) is 41.3 Å². The lowest BCUT2D eigenvalue weighted by molar-refractivity contribution is -0.129. The first kappa shape index (κ1) is 58.5. The van der Waals surface area contributed by atoms with Crippen molar-refractivity contribution in [3.63, 3.8) is 0 Å². The van der Waals surface area contributed by atoms with Crippen LogP contribution in [-0.2, 0) is 32.5 Å². The molecule has 2 aliphatic carbocycles. The van der Waals surface area contributed by atoms with Crippen molar-refractivity contribution in [2.75, 3.05) is 77.1 Å². The molecule has 23 heteroatoms. The molecule has 4 aliphatic rings. The first-order valence-electron chi connectivity index (χ1n) is 28.7. The average Bonchev–Trinajstić information content (AvgIpc) is 2.08. The second-order valence-corrected chi connectivity index (χ2v) is 24.3. The van der Waals surface area contributed by atoms with E-state index in [0.29, 0.717) is 60.2 Å². The van der Waals surface area contributed by atoms with E-state index in [0.717, 1.165) is 66.8 Å². The minimum atomic E-state index is -3.99. The summed E-state index contributed by atoms with van der Waals surface area (Å²) in [6, 6.07) is 27.2. The van der Waals surface area contributed by atoms with Crippen LogP contribution < -0.4 is 32.7 Å². The lowest BCUT2D eigenvalue weighted by Crippen LogP contribution is -2.49. The highest BCUT2D eigenvalue weighted by Crippen LogP contribution is 2.38. The number of nitrogens with one attached hydrogen (secondary N) is 5. The number of aliphatic imine (C=N–C) groups is 2. The van der Waals surface area contributed by atoms with Crippen LogP contribution in [0.4, 0.5) is 23.5 Å². The zero-order chi connectivity index (χ0) is 59.2. The van der Waals surface area contributed by atoms with E-state index in [-0.39, 0.29) is 70.1 Å². The van der Waals surface area contributed by atoms with Gasteiger partial charge >= 0.3 is 0 Å². The first-order valence-corrected chi connectivity index (χ1v) is 30.2. The van der Waals surface area contributed by atoms with E-state index in [4.69, 9.17) is 21.4 Å². The normalized spacial score (nSPS) is 18.2. The zero-order valence-electron chi connectivity index (χ0n) is 48.8. The van der Waals surface area contributed by atoms with Gasteiger partial charge in [0, 0.05) is 89.0 Å². The summed E-state index contributed by atoms with van der Waals surface area (Å²) in [4.78, 5) is 65.6. The van der Waals surface area contributed by atoms with Gasteiger partial charge in [-0.3, -0.25) is 9.59 Å². The van der Waals surface area contributed by atoms with Gasteiger partial charge in [-0.2, -0.15) is 29.9 Å². The highest BCUT2D eigenvalue weighted by atomic mass is 32.2. The molecule has 0 radical (unpaired) electrons. The summed E-state index contributed by atoms with van der Waals surface area (Å²) >= 11 is 0. The molecule has 3 aromatic carbocycles. The van der Waals surface area contributed by atoms with Crippen LogP contribution >= 0.6 is 0 Å². The molecule has 2 amide bonds. The van der Waals surface area contributed by atoms with Crippen molar-refractivity contribution in [3.05, 3.63) is 149 Å². The van der Waals surface area contributed by atoms with Crippen LogP contribution in [0.15, 0.2) is 136 Å². The molecule has 7 aromatic rings. The monoisotopic (exact) mass is 1160 g/mol. The maximum absolute atomic E-state index is 13.8. The Labute approximate surface area is 490 Å². The second kappa shape index (κ2) is 25.4. The predicted molar refractivity (Wildman–Crippen MR) is 331 cm³/mol. The summed E-state index contributed by atoms with van der Waals surface area (Å²) < 4.78 is 28.8. The minimum Gasteiger partial charge on any atom is -0.384 e. The Kier molecular flexibility index (Phi) is 17.7. The summed E-state index contributed by atoms with van der Waals surface area (Å²) in [5.74, 6) is 1.27. The van der Waals surface area contributed by atoms with Crippen LogP contribution in [0.2, 0.25) is 0 Å². The Bertz CT molecular complexity index is 3780. The summed E-state index contributed by atoms with van der Waals surface area (Å²) in [5, 5.41) is 15.0. The quantitative estimate of drug-likeness (QED) is 0.0312. The Morgan fingerprint density at radius 3 is 1.61 bits per heavy atom. The van der Waals surface area contributed by atoms with E-state index in [9.17, 15) is 18.0 Å². The lowest BCUT2D eigenvalue weighted by atomic mass is 10.1. The summed E-state index contributed by atoms with van der Waals surface area (Å²) in [6.07, 6.45) is 10.2. The number of hydrogen-bond acceptors (Lipinski definition) is 16. The SMILES string of the molecule is CC(C)N/C(=C\C(N)=Nc1nc(N[C@H]2CCc3ccccc32)c2cc[nH]c2n1)C(=O)N1CCN(C)CC1.Cc1ccc(S(=O)(=O)n2ccc3c(N[C@H]4CCc5ccccc54)nc(N=C(N)/C=C(\NC(C)C)C(=O)N4CCN(C)CC4)nc32)cc1. The highest BCUT2D eigenvalue weighted by Gasteiger charge is 2.29. The number of aromatic amines is 1. The fourth-order valence-electron chi connectivity index (χ4n) is 10.9. The molecule has 9 N–H and O–H groups in total. The number of rotatable bonds is 16. The zero-order valence-corrected chi connectivity index (χ0v) is 49.6. The number of likely N-dealkylation sites (N-methyl/N-ethyl adjacent to an activating group) is 2. The van der Waals surface area contributed by atoms with Crippen molar-refractivity contribution in [3.8, 4) is 0 Å². The Hall–Kier alpha value is -8.67. The number of piperazine rings is 2. The fourth-order valence-corrected chi connectivity index (χ4v) is 12.2. The molecule has 11 rings (SSSR count). The van der Waals surface area contributed by atoms with Gasteiger partial charge in [-0.1, -0.05) is 66.2 Å². The Balaban J connectivity index is 0.000000193. The maximum atomic E-state index is 13.8. The van der Waals surface area contributed by atoms with Gasteiger partial charge in [0.15, 0.2) is 5.65 Å². The second-order valence-electron chi connectivity index (χ2n) is 22.5. The number of nitrogens with zero attached hydrogens (tertiary/aromatic N) is 11. The number of carbonyl (C=O) groups excluding carboxylic acids is 2. The molecule has 2 fully saturated rings. The Morgan fingerprint density at radius 1 is 0.631 bits per heavy atom. The Morgan fingerprint density at radius 2 is 1.11 bits per heavy atom. The van der Waals surface area contributed by atoms with E-state index < -0.39 is 10.0 Å². The largest absolute Gasteiger partial charge is 0.384 e. The molecule has 84 heavy (non-hydrogen) atoms. The number of anilines is 2. The van der Waals surface area contributed by atoms with Crippen LogP contribution in [0.25, 0.3) is 22.1 Å². The molecule has 2 atom stereocenters. The number of nitrogens with two attached hydrogens (primary N) is 2. The third-order valence-corrected chi connectivity index (χ3v) is 17.0. The van der Waals surface area contributed by atoms with E-state index in [2.05, 4.69) is 99.4 Å². The average molecular weight is 1160 g/mol. The molecule has 0 bridgehead atoms. The number of amides is 2. The first-order chi connectivity index (χ1) is 40.4. The van der Waals surface area contributed by atoms with Gasteiger partial charge in [-0.15, -0.1) is 0 Å². The lowest BCUT2D eigenvalue weighted by Gasteiger charge is -2.33. The fraction of sp³-hybridized carbons (Fsp3) is 0.377. The van der Waals surface area contributed by atoms with Gasteiger partial charge in [-0.05, 0) is 121 Å². The van der Waals surface area contributed by atoms with Crippen molar-refractivity contribution in [2.24, 2.45) is 21.5 Å². The van der Waals surface area contributed by atoms with Gasteiger partial charge in [0.25, 0.3) is 33.7 Å². The molecule has 6 heterocycles. The number of aryl methyl sites for hydroxylation is 3. The third kappa shape index (κ3) is 13.5. The predicted octanol–water partition coefficient (Wildman–Crippen LogP) is 6.42. The molecule has 440 valence electrons. The number of hydrogen-bond donors (Lipinski definition) is 7. The van der Waals surface area contributed by atoms with Crippen LogP contribution in [0.5, 0.6) is 0 Å². The molecule has 2 saturated heterocycles. The van der Waals surface area contributed by atoms with Crippen molar-refractivity contribution in [1.82, 2.24) is 59.1 Å². The number of H-pyrrole nitrogens is 1. The van der Waals surface area contributed by atoms with Gasteiger partial charge in [0.2, 0.25) is 0 Å². The molecular formula is C61H76N18O4S. The standard InChI is InChI=1S/C34H41N9O3S.C27H35N9O/c1-22(2)36-29(33(44)42-19-17-41(4)18-20-42)21-30(35)38-34-39-31(37-28-14-11-24-7-5-6-8-26(24)28)27-15-16-43(32(27)40-34)47(45,46)25-12-9-23(3)10-13-25;1-17(2)30-22(26(37)36-14-12-35(3)13-15-36)16-23(28)32-27-33-24-20(10-11-29-24)25(34-27)31-21-9-8-18-6-4-5-7-19(18)21/h5-10,12-13,15-16,21-22,28,36H,11,14,17-20H2,1-4H3,(H3,35,37,38,39,40);4-7,10-11,16-17,21,30H,8-9,12-15H2,1-3H3,(H4,28,29,31,32,33,34)/b29-21-;22-16-/t28-;21-/m00/s1. The van der Waals surface area contributed by atoms with Crippen LogP contribution in [-0.4, -0.2) is 159 Å². The summed E-state index contributed by atoms with van der Waals surface area (Å²) in [6.45, 7) is 15.6. The molecule has 22 nitrogen and oxygen atoms in total. The van der Waals surface area contributed by atoms with E-state index in [1.165, 1.54) is 34.5 Å². The molecule has 0 spiro atoms. The number of amidine groups is 2. The molecular weight excluding hydrogens is 1080 g/mol. The van der Waals surface area contributed by atoms with Crippen molar-refractivity contribution in [2.45, 2.75) is 89.4 Å². The molecule has 0 saturated carbocycles. The van der Waals surface area contributed by atoms with Crippen LogP contribution in [0, 0.1) is 6.92 Å².